The molecule has 2 rings (SSSR count). The van der Waals surface area contributed by atoms with Gasteiger partial charge >= 0.3 is 0 Å². The normalized spacial score (nSPS) is 12.7. The number of nitrogens with one attached hydrogen (secondary N) is 1. The molecule has 1 heterocycles. The minimum Gasteiger partial charge on any atom is -0.306 e. The third kappa shape index (κ3) is 3.20. The number of benzene rings is 1. The second kappa shape index (κ2) is 6.28. The maximum atomic E-state index is 13.1. The lowest BCUT2D eigenvalue weighted by molar-refractivity contribution is 0.614. The maximum Gasteiger partial charge on any atom is 0.124 e. The van der Waals surface area contributed by atoms with E-state index in [1.165, 1.54) is 17.0 Å². The molecule has 0 saturated heterocycles. The van der Waals surface area contributed by atoms with E-state index >= 15 is 0 Å². The van der Waals surface area contributed by atoms with E-state index in [1.54, 1.807) is 11.3 Å². The molecule has 1 aromatic heterocycles. The van der Waals surface area contributed by atoms with Crippen molar-refractivity contribution >= 4 is 43.2 Å². The summed E-state index contributed by atoms with van der Waals surface area (Å²) in [6.07, 6.45) is 0. The van der Waals surface area contributed by atoms with Crippen molar-refractivity contribution in [1.82, 2.24) is 5.32 Å². The lowest BCUT2D eigenvalue weighted by Crippen LogP contribution is -2.21. The molecule has 0 fully saturated rings. The Kier molecular flexibility index (Phi) is 4.95. The summed E-state index contributed by atoms with van der Waals surface area (Å²) in [5.41, 5.74) is 1.05. The molecular formula is C13H12Br2FNS. The van der Waals surface area contributed by atoms with Crippen molar-refractivity contribution in [1.29, 1.82) is 0 Å². The fourth-order valence-corrected chi connectivity index (χ4v) is 3.89. The van der Waals surface area contributed by atoms with Gasteiger partial charge in [0.05, 0.1) is 9.83 Å². The SMILES string of the molecule is CCNC(c1ccc(Br)s1)c1ccc(F)cc1Br. The van der Waals surface area contributed by atoms with Gasteiger partial charge in [-0.25, -0.2) is 4.39 Å². The summed E-state index contributed by atoms with van der Waals surface area (Å²) in [5, 5.41) is 3.43. The molecule has 1 nitrogen and oxygen atoms in total. The summed E-state index contributed by atoms with van der Waals surface area (Å²) in [5.74, 6) is -0.228. The molecule has 1 atom stereocenters. The number of rotatable bonds is 4. The Balaban J connectivity index is 2.41. The summed E-state index contributed by atoms with van der Waals surface area (Å²) in [6.45, 7) is 2.91. The average molecular weight is 393 g/mol. The number of halogens is 3. The molecule has 0 bridgehead atoms. The van der Waals surface area contributed by atoms with Gasteiger partial charge in [-0.05, 0) is 52.3 Å². The van der Waals surface area contributed by atoms with Crippen molar-refractivity contribution in [2.75, 3.05) is 6.54 Å². The van der Waals surface area contributed by atoms with Crippen LogP contribution in [0.4, 0.5) is 4.39 Å². The van der Waals surface area contributed by atoms with E-state index < -0.39 is 0 Å². The Labute approximate surface area is 127 Å². The minimum absolute atomic E-state index is 0.0845. The smallest absolute Gasteiger partial charge is 0.124 e. The van der Waals surface area contributed by atoms with Crippen LogP contribution in [0.3, 0.4) is 0 Å². The second-order valence-electron chi connectivity index (χ2n) is 3.80. The van der Waals surface area contributed by atoms with E-state index in [9.17, 15) is 4.39 Å². The van der Waals surface area contributed by atoms with Gasteiger partial charge in [0.2, 0.25) is 0 Å². The average Bonchev–Trinajstić information content (AvgIpc) is 2.73. The summed E-state index contributed by atoms with van der Waals surface area (Å²) >= 11 is 8.59. The highest BCUT2D eigenvalue weighted by molar-refractivity contribution is 9.11. The summed E-state index contributed by atoms with van der Waals surface area (Å²) in [4.78, 5) is 1.20. The number of hydrogen-bond donors (Lipinski definition) is 1. The fraction of sp³-hybridized carbons (Fsp3) is 0.231. The van der Waals surface area contributed by atoms with Crippen LogP contribution < -0.4 is 5.32 Å². The fourth-order valence-electron chi connectivity index (χ4n) is 1.79. The Morgan fingerprint density at radius 3 is 2.61 bits per heavy atom. The minimum atomic E-state index is -0.228. The lowest BCUT2D eigenvalue weighted by atomic mass is 10.1. The molecular weight excluding hydrogens is 381 g/mol. The van der Waals surface area contributed by atoms with Gasteiger partial charge in [-0.1, -0.05) is 28.9 Å². The molecule has 0 saturated carbocycles. The first-order valence-electron chi connectivity index (χ1n) is 5.55. The van der Waals surface area contributed by atoms with Crippen molar-refractivity contribution < 1.29 is 4.39 Å². The molecule has 5 heteroatoms. The summed E-state index contributed by atoms with van der Waals surface area (Å²) in [6, 6.07) is 9.01. The van der Waals surface area contributed by atoms with Crippen LogP contribution in [0.25, 0.3) is 0 Å². The molecule has 0 aliphatic carbocycles. The van der Waals surface area contributed by atoms with Crippen LogP contribution in [0.2, 0.25) is 0 Å². The molecule has 2 aromatic rings. The van der Waals surface area contributed by atoms with Crippen molar-refractivity contribution in [2.24, 2.45) is 0 Å². The van der Waals surface area contributed by atoms with Gasteiger partial charge in [0.15, 0.2) is 0 Å². The molecule has 0 aliphatic heterocycles. The zero-order valence-electron chi connectivity index (χ0n) is 9.71. The van der Waals surface area contributed by atoms with Crippen LogP contribution in [-0.4, -0.2) is 6.54 Å². The van der Waals surface area contributed by atoms with E-state index in [0.717, 1.165) is 20.4 Å². The highest BCUT2D eigenvalue weighted by Gasteiger charge is 2.17. The second-order valence-corrected chi connectivity index (χ2v) is 7.15. The largest absolute Gasteiger partial charge is 0.306 e. The van der Waals surface area contributed by atoms with E-state index in [4.69, 9.17) is 0 Å². The molecule has 96 valence electrons. The zero-order valence-corrected chi connectivity index (χ0v) is 13.7. The van der Waals surface area contributed by atoms with Gasteiger partial charge in [0, 0.05) is 9.35 Å². The van der Waals surface area contributed by atoms with E-state index in [2.05, 4.69) is 50.2 Å². The predicted octanol–water partition coefficient (Wildman–Crippen LogP) is 5.11. The van der Waals surface area contributed by atoms with Crippen molar-refractivity contribution in [3.63, 3.8) is 0 Å². The van der Waals surface area contributed by atoms with E-state index in [0.29, 0.717) is 0 Å². The van der Waals surface area contributed by atoms with Crippen LogP contribution in [0.5, 0.6) is 0 Å². The predicted molar refractivity (Wildman–Crippen MR) is 81.6 cm³/mol. The first-order chi connectivity index (χ1) is 8.61. The van der Waals surface area contributed by atoms with Crippen LogP contribution >= 0.6 is 43.2 Å². The van der Waals surface area contributed by atoms with Crippen molar-refractivity contribution in [2.45, 2.75) is 13.0 Å². The zero-order chi connectivity index (χ0) is 13.1. The van der Waals surface area contributed by atoms with E-state index in [1.807, 2.05) is 12.1 Å². The molecule has 18 heavy (non-hydrogen) atoms. The standard InChI is InChI=1S/C13H12Br2FNS/c1-2-17-13(11-5-6-12(15)18-11)9-4-3-8(16)7-10(9)14/h3-7,13,17H,2H2,1H3. The third-order valence-corrected chi connectivity index (χ3v) is 4.94. The number of thiophene rings is 1. The quantitative estimate of drug-likeness (QED) is 0.762. The Morgan fingerprint density at radius 2 is 2.06 bits per heavy atom. The van der Waals surface area contributed by atoms with Crippen molar-refractivity contribution in [3.05, 3.63) is 54.8 Å². The van der Waals surface area contributed by atoms with Crippen LogP contribution in [0.1, 0.15) is 23.4 Å². The Bertz CT molecular complexity index is 542. The van der Waals surface area contributed by atoms with Crippen molar-refractivity contribution in [3.8, 4) is 0 Å². The molecule has 1 aromatic carbocycles. The van der Waals surface area contributed by atoms with Gasteiger partial charge in [-0.15, -0.1) is 11.3 Å². The van der Waals surface area contributed by atoms with Gasteiger partial charge in [0.1, 0.15) is 5.82 Å². The molecule has 0 amide bonds. The summed E-state index contributed by atoms with van der Waals surface area (Å²) in [7, 11) is 0. The topological polar surface area (TPSA) is 12.0 Å². The highest BCUT2D eigenvalue weighted by Crippen LogP contribution is 2.34. The molecule has 0 radical (unpaired) electrons. The summed E-state index contributed by atoms with van der Waals surface area (Å²) < 4.78 is 15.0. The van der Waals surface area contributed by atoms with Gasteiger partial charge in [0.25, 0.3) is 0 Å². The maximum absolute atomic E-state index is 13.1. The van der Waals surface area contributed by atoms with Gasteiger partial charge in [-0.2, -0.15) is 0 Å². The van der Waals surface area contributed by atoms with Crippen LogP contribution in [0, 0.1) is 5.82 Å². The molecule has 0 spiro atoms. The number of hydrogen-bond acceptors (Lipinski definition) is 2. The first kappa shape index (κ1) is 14.2. The van der Waals surface area contributed by atoms with E-state index in [-0.39, 0.29) is 11.9 Å². The van der Waals surface area contributed by atoms with Crippen LogP contribution in [-0.2, 0) is 0 Å². The Morgan fingerprint density at radius 1 is 1.28 bits per heavy atom. The first-order valence-corrected chi connectivity index (χ1v) is 7.95. The third-order valence-electron chi connectivity index (χ3n) is 2.56. The highest BCUT2D eigenvalue weighted by atomic mass is 79.9. The van der Waals surface area contributed by atoms with Crippen LogP contribution in [0.15, 0.2) is 38.6 Å². The molecule has 1 N–H and O–H groups in total. The van der Waals surface area contributed by atoms with Gasteiger partial charge < -0.3 is 5.32 Å². The Hall–Kier alpha value is -0.230. The molecule has 1 unspecified atom stereocenters. The van der Waals surface area contributed by atoms with Gasteiger partial charge in [-0.3, -0.25) is 0 Å². The monoisotopic (exact) mass is 391 g/mol. The molecule has 0 aliphatic rings. The lowest BCUT2D eigenvalue weighted by Gasteiger charge is -2.18.